The van der Waals surface area contributed by atoms with Gasteiger partial charge in [0, 0.05) is 16.9 Å². The standard InChI is InChI=1S/C16H10BrN5O2S/c17-12-6-2-1-5-11(12)15-21-19-13(23-15)9-25-16-22-20-14(24-16)10-4-3-7-18-8-10/h1-8H,9H2. The zero-order valence-corrected chi connectivity index (χ0v) is 15.1. The normalized spacial score (nSPS) is 10.9. The molecule has 0 saturated carbocycles. The predicted molar refractivity (Wildman–Crippen MR) is 94.5 cm³/mol. The number of halogens is 1. The monoisotopic (exact) mass is 415 g/mol. The van der Waals surface area contributed by atoms with Gasteiger partial charge in [0.15, 0.2) is 0 Å². The lowest BCUT2D eigenvalue weighted by Gasteiger charge is -1.97. The fraction of sp³-hybridized carbons (Fsp3) is 0.0625. The average molecular weight is 416 g/mol. The van der Waals surface area contributed by atoms with Gasteiger partial charge >= 0.3 is 0 Å². The van der Waals surface area contributed by atoms with Gasteiger partial charge in [-0.1, -0.05) is 23.9 Å². The Labute approximate surface area is 155 Å². The van der Waals surface area contributed by atoms with Gasteiger partial charge in [-0.05, 0) is 40.2 Å². The minimum Gasteiger partial charge on any atom is -0.420 e. The van der Waals surface area contributed by atoms with Gasteiger partial charge in [0.2, 0.25) is 17.7 Å². The summed E-state index contributed by atoms with van der Waals surface area (Å²) < 4.78 is 12.2. The zero-order valence-electron chi connectivity index (χ0n) is 12.7. The Kier molecular flexibility index (Phi) is 4.57. The van der Waals surface area contributed by atoms with Gasteiger partial charge in [0.1, 0.15) is 0 Å². The first-order chi connectivity index (χ1) is 12.3. The van der Waals surface area contributed by atoms with E-state index in [4.69, 9.17) is 8.83 Å². The highest BCUT2D eigenvalue weighted by molar-refractivity contribution is 9.10. The first-order valence-corrected chi connectivity index (χ1v) is 9.01. The van der Waals surface area contributed by atoms with Crippen LogP contribution in [-0.2, 0) is 5.75 Å². The third-order valence-electron chi connectivity index (χ3n) is 3.21. The van der Waals surface area contributed by atoms with Gasteiger partial charge in [0.05, 0.1) is 16.9 Å². The molecule has 3 aromatic heterocycles. The topological polar surface area (TPSA) is 90.7 Å². The molecule has 7 nitrogen and oxygen atoms in total. The van der Waals surface area contributed by atoms with Crippen molar-refractivity contribution in [2.24, 2.45) is 0 Å². The highest BCUT2D eigenvalue weighted by atomic mass is 79.9. The number of aromatic nitrogens is 5. The molecule has 9 heteroatoms. The van der Waals surface area contributed by atoms with E-state index in [0.29, 0.717) is 28.6 Å². The zero-order chi connectivity index (χ0) is 17.1. The number of pyridine rings is 1. The van der Waals surface area contributed by atoms with Crippen LogP contribution in [0.15, 0.2) is 67.3 Å². The van der Waals surface area contributed by atoms with E-state index in [0.717, 1.165) is 15.6 Å². The largest absolute Gasteiger partial charge is 0.420 e. The van der Waals surface area contributed by atoms with E-state index in [9.17, 15) is 0 Å². The van der Waals surface area contributed by atoms with E-state index >= 15 is 0 Å². The van der Waals surface area contributed by atoms with E-state index in [2.05, 4.69) is 41.3 Å². The summed E-state index contributed by atoms with van der Waals surface area (Å²) in [6, 6.07) is 11.3. The molecule has 0 radical (unpaired) electrons. The van der Waals surface area contributed by atoms with Gasteiger partial charge < -0.3 is 8.83 Å². The van der Waals surface area contributed by atoms with Crippen LogP contribution in [0, 0.1) is 0 Å². The molecule has 1 aromatic carbocycles. The smallest absolute Gasteiger partial charge is 0.277 e. The van der Waals surface area contributed by atoms with Crippen LogP contribution in [-0.4, -0.2) is 25.4 Å². The van der Waals surface area contributed by atoms with Gasteiger partial charge in [-0.15, -0.1) is 20.4 Å². The lowest BCUT2D eigenvalue weighted by molar-refractivity contribution is 0.464. The molecule has 124 valence electrons. The van der Waals surface area contributed by atoms with Crippen molar-refractivity contribution in [2.75, 3.05) is 0 Å². The highest BCUT2D eigenvalue weighted by Gasteiger charge is 2.14. The minimum atomic E-state index is 0.426. The molecule has 0 unspecified atom stereocenters. The number of thioether (sulfide) groups is 1. The van der Waals surface area contributed by atoms with Gasteiger partial charge in [-0.3, -0.25) is 4.98 Å². The van der Waals surface area contributed by atoms with Crippen molar-refractivity contribution in [1.29, 1.82) is 0 Å². The fourth-order valence-electron chi connectivity index (χ4n) is 2.05. The van der Waals surface area contributed by atoms with Crippen molar-refractivity contribution in [3.8, 4) is 22.9 Å². The summed E-state index contributed by atoms with van der Waals surface area (Å²) in [7, 11) is 0. The molecule has 0 saturated heterocycles. The van der Waals surface area contributed by atoms with Gasteiger partial charge in [-0.25, -0.2) is 0 Å². The molecule has 0 amide bonds. The van der Waals surface area contributed by atoms with Crippen molar-refractivity contribution in [1.82, 2.24) is 25.4 Å². The molecule has 0 fully saturated rings. The summed E-state index contributed by atoms with van der Waals surface area (Å²) in [5.41, 5.74) is 1.62. The Morgan fingerprint density at radius 1 is 0.920 bits per heavy atom. The summed E-state index contributed by atoms with van der Waals surface area (Å²) in [4.78, 5) is 4.03. The molecule has 25 heavy (non-hydrogen) atoms. The second kappa shape index (κ2) is 7.16. The number of hydrogen-bond acceptors (Lipinski definition) is 8. The molecule has 0 aliphatic heterocycles. The predicted octanol–water partition coefficient (Wildman–Crippen LogP) is 4.24. The summed E-state index contributed by atoms with van der Waals surface area (Å²) in [5.74, 6) is 1.81. The Hall–Kier alpha value is -2.52. The van der Waals surface area contributed by atoms with E-state index in [-0.39, 0.29) is 0 Å². The van der Waals surface area contributed by atoms with Crippen molar-refractivity contribution in [3.05, 3.63) is 59.2 Å². The number of hydrogen-bond donors (Lipinski definition) is 0. The van der Waals surface area contributed by atoms with Crippen molar-refractivity contribution >= 4 is 27.7 Å². The van der Waals surface area contributed by atoms with Crippen LogP contribution in [0.25, 0.3) is 22.9 Å². The lowest BCUT2D eigenvalue weighted by Crippen LogP contribution is -1.80. The van der Waals surface area contributed by atoms with Crippen LogP contribution >= 0.6 is 27.7 Å². The molecule has 4 rings (SSSR count). The summed E-state index contributed by atoms with van der Waals surface area (Å²) in [6.45, 7) is 0. The molecule has 0 N–H and O–H groups in total. The Morgan fingerprint density at radius 2 is 1.80 bits per heavy atom. The van der Waals surface area contributed by atoms with Crippen LogP contribution in [0.3, 0.4) is 0 Å². The third kappa shape index (κ3) is 3.62. The molecule has 0 aliphatic carbocycles. The maximum Gasteiger partial charge on any atom is 0.277 e. The fourth-order valence-corrected chi connectivity index (χ4v) is 3.11. The van der Waals surface area contributed by atoms with Gasteiger partial charge in [-0.2, -0.15) is 0 Å². The summed E-state index contributed by atoms with van der Waals surface area (Å²) in [6.07, 6.45) is 3.36. The van der Waals surface area contributed by atoms with Crippen molar-refractivity contribution in [2.45, 2.75) is 11.0 Å². The molecule has 0 atom stereocenters. The molecule has 3 heterocycles. The summed E-state index contributed by atoms with van der Waals surface area (Å²) in [5, 5.41) is 16.6. The van der Waals surface area contributed by atoms with E-state index < -0.39 is 0 Å². The first-order valence-electron chi connectivity index (χ1n) is 7.23. The number of rotatable bonds is 5. The van der Waals surface area contributed by atoms with E-state index in [1.807, 2.05) is 36.4 Å². The minimum absolute atomic E-state index is 0.426. The highest BCUT2D eigenvalue weighted by Crippen LogP contribution is 2.29. The van der Waals surface area contributed by atoms with Crippen LogP contribution in [0.5, 0.6) is 0 Å². The van der Waals surface area contributed by atoms with Crippen LogP contribution in [0.4, 0.5) is 0 Å². The summed E-state index contributed by atoms with van der Waals surface area (Å²) >= 11 is 4.80. The van der Waals surface area contributed by atoms with Crippen molar-refractivity contribution < 1.29 is 8.83 Å². The molecule has 0 bridgehead atoms. The average Bonchev–Trinajstić information content (AvgIpc) is 3.31. The lowest BCUT2D eigenvalue weighted by atomic mass is 10.2. The number of nitrogens with zero attached hydrogens (tertiary/aromatic N) is 5. The third-order valence-corrected chi connectivity index (χ3v) is 4.70. The number of benzene rings is 1. The van der Waals surface area contributed by atoms with Crippen LogP contribution in [0.2, 0.25) is 0 Å². The Bertz CT molecular complexity index is 989. The van der Waals surface area contributed by atoms with Crippen LogP contribution in [0.1, 0.15) is 5.89 Å². The molecular weight excluding hydrogens is 406 g/mol. The Morgan fingerprint density at radius 3 is 2.64 bits per heavy atom. The first kappa shape index (κ1) is 16.0. The second-order valence-electron chi connectivity index (χ2n) is 4.88. The molecule has 4 aromatic rings. The van der Waals surface area contributed by atoms with E-state index in [1.54, 1.807) is 12.4 Å². The van der Waals surface area contributed by atoms with Gasteiger partial charge in [0.25, 0.3) is 5.22 Å². The van der Waals surface area contributed by atoms with E-state index in [1.165, 1.54) is 11.8 Å². The Balaban J connectivity index is 1.44. The SMILES string of the molecule is Brc1ccccc1-c1nnc(CSc2nnc(-c3cccnc3)o2)o1. The maximum atomic E-state index is 5.69. The second-order valence-corrected chi connectivity index (χ2v) is 6.67. The molecule has 0 aliphatic rings. The maximum absolute atomic E-state index is 5.69. The van der Waals surface area contributed by atoms with Crippen molar-refractivity contribution in [3.63, 3.8) is 0 Å². The molecule has 0 spiro atoms. The quantitative estimate of drug-likeness (QED) is 0.447. The molecular formula is C16H10BrN5O2S. The van der Waals surface area contributed by atoms with Crippen LogP contribution < -0.4 is 0 Å².